The Hall–Kier alpha value is -1.10. The molecule has 1 rings (SSSR count). The molecule has 0 aromatic carbocycles. The zero-order valence-electron chi connectivity index (χ0n) is 12.1. The number of methoxy groups -OCH3 is 1. The van der Waals surface area contributed by atoms with E-state index in [0.717, 1.165) is 16.9 Å². The van der Waals surface area contributed by atoms with Gasteiger partial charge < -0.3 is 4.74 Å². The summed E-state index contributed by atoms with van der Waals surface area (Å²) in [5, 5.41) is 0.633. The highest BCUT2D eigenvalue weighted by atomic mass is 35.5. The monoisotopic (exact) mass is 310 g/mol. The Bertz CT molecular complexity index is 500. The second-order valence-corrected chi connectivity index (χ2v) is 5.49. The van der Waals surface area contributed by atoms with Crippen LogP contribution >= 0.6 is 23.2 Å². The van der Waals surface area contributed by atoms with Crippen molar-refractivity contribution in [1.82, 2.24) is 0 Å². The van der Waals surface area contributed by atoms with Crippen molar-refractivity contribution in [3.63, 3.8) is 0 Å². The summed E-state index contributed by atoms with van der Waals surface area (Å²) in [6.07, 6.45) is 13.3. The number of halogens is 2. The van der Waals surface area contributed by atoms with Crippen LogP contribution in [0.5, 0.6) is 0 Å². The first-order chi connectivity index (χ1) is 9.56. The van der Waals surface area contributed by atoms with Crippen LogP contribution in [-0.2, 0) is 4.74 Å². The van der Waals surface area contributed by atoms with Crippen molar-refractivity contribution >= 4 is 23.2 Å². The van der Waals surface area contributed by atoms with Gasteiger partial charge in [-0.2, -0.15) is 0 Å². The lowest BCUT2D eigenvalue weighted by atomic mass is 9.91. The number of hydrogen-bond donors (Lipinski definition) is 0. The maximum Gasteiger partial charge on any atom is 0.0991 e. The lowest BCUT2D eigenvalue weighted by Gasteiger charge is -2.18. The van der Waals surface area contributed by atoms with Gasteiger partial charge in [-0.3, -0.25) is 0 Å². The van der Waals surface area contributed by atoms with E-state index in [-0.39, 0.29) is 5.92 Å². The standard InChI is InChI=1S/C17H20Cl2O/c1-5-15(12(2)16(19)8-6-7-11-18)13(3)17(20-4)14-9-10-14/h1,6-8,11,14-15H,9-10H2,2-4H3/b8-6-,11-7+,16-12-,17-13-. The Morgan fingerprint density at radius 1 is 1.30 bits per heavy atom. The molecule has 20 heavy (non-hydrogen) atoms. The molecule has 1 aliphatic carbocycles. The summed E-state index contributed by atoms with van der Waals surface area (Å²) in [6, 6.07) is 0. The van der Waals surface area contributed by atoms with Gasteiger partial charge in [-0.15, -0.1) is 6.42 Å². The molecule has 0 radical (unpaired) electrons. The van der Waals surface area contributed by atoms with Crippen LogP contribution in [0.4, 0.5) is 0 Å². The first kappa shape index (κ1) is 17.0. The summed E-state index contributed by atoms with van der Waals surface area (Å²) >= 11 is 11.7. The molecule has 0 bridgehead atoms. The van der Waals surface area contributed by atoms with Crippen molar-refractivity contribution in [2.45, 2.75) is 26.7 Å². The Balaban J connectivity index is 3.06. The highest BCUT2D eigenvalue weighted by molar-refractivity contribution is 6.31. The van der Waals surface area contributed by atoms with Crippen molar-refractivity contribution in [3.8, 4) is 12.3 Å². The number of allylic oxidation sites excluding steroid dienone is 7. The van der Waals surface area contributed by atoms with E-state index in [1.807, 2.05) is 13.8 Å². The number of terminal acetylenes is 1. The summed E-state index contributed by atoms with van der Waals surface area (Å²) < 4.78 is 5.52. The van der Waals surface area contributed by atoms with Gasteiger partial charge in [0.1, 0.15) is 0 Å². The molecule has 1 unspecified atom stereocenters. The first-order valence-electron chi connectivity index (χ1n) is 6.57. The molecular formula is C17H20Cl2O. The van der Waals surface area contributed by atoms with Crippen LogP contribution in [-0.4, -0.2) is 7.11 Å². The summed E-state index contributed by atoms with van der Waals surface area (Å²) in [5.74, 6) is 4.22. The fourth-order valence-corrected chi connectivity index (χ4v) is 2.43. The summed E-state index contributed by atoms with van der Waals surface area (Å²) in [4.78, 5) is 0. The molecule has 1 aliphatic rings. The Labute approximate surface area is 132 Å². The van der Waals surface area contributed by atoms with Gasteiger partial charge in [0.25, 0.3) is 0 Å². The van der Waals surface area contributed by atoms with Crippen LogP contribution in [0, 0.1) is 24.2 Å². The van der Waals surface area contributed by atoms with Crippen molar-refractivity contribution in [1.29, 1.82) is 0 Å². The predicted octanol–water partition coefficient (Wildman–Crippen LogP) is 5.39. The molecule has 1 saturated carbocycles. The zero-order valence-corrected chi connectivity index (χ0v) is 13.6. The van der Waals surface area contributed by atoms with E-state index in [9.17, 15) is 0 Å². The molecule has 0 saturated heterocycles. The van der Waals surface area contributed by atoms with Gasteiger partial charge in [-0.1, -0.05) is 41.3 Å². The van der Waals surface area contributed by atoms with E-state index >= 15 is 0 Å². The summed E-state index contributed by atoms with van der Waals surface area (Å²) in [5.41, 5.74) is 3.45. The van der Waals surface area contributed by atoms with Crippen molar-refractivity contribution < 1.29 is 4.74 Å². The molecular weight excluding hydrogens is 291 g/mol. The third kappa shape index (κ3) is 4.47. The summed E-state index contributed by atoms with van der Waals surface area (Å²) in [7, 11) is 1.70. The zero-order chi connectivity index (χ0) is 15.1. The minimum atomic E-state index is -0.136. The van der Waals surface area contributed by atoms with Crippen molar-refractivity contribution in [3.05, 3.63) is 45.7 Å². The molecule has 1 fully saturated rings. The number of rotatable bonds is 6. The molecule has 0 heterocycles. The average molecular weight is 311 g/mol. The third-order valence-corrected chi connectivity index (χ3v) is 3.96. The van der Waals surface area contributed by atoms with E-state index in [1.165, 1.54) is 18.4 Å². The maximum atomic E-state index is 6.28. The predicted molar refractivity (Wildman–Crippen MR) is 87.4 cm³/mol. The van der Waals surface area contributed by atoms with Crippen LogP contribution in [0.15, 0.2) is 45.7 Å². The maximum absolute atomic E-state index is 6.28. The van der Waals surface area contributed by atoms with E-state index in [0.29, 0.717) is 11.0 Å². The minimum Gasteiger partial charge on any atom is -0.501 e. The second kappa shape index (κ2) is 8.25. The van der Waals surface area contributed by atoms with Gasteiger partial charge in [-0.25, -0.2) is 0 Å². The summed E-state index contributed by atoms with van der Waals surface area (Å²) in [6.45, 7) is 3.98. The fraction of sp³-hybridized carbons (Fsp3) is 0.412. The van der Waals surface area contributed by atoms with Gasteiger partial charge >= 0.3 is 0 Å². The first-order valence-corrected chi connectivity index (χ1v) is 7.38. The van der Waals surface area contributed by atoms with Crippen LogP contribution in [0.1, 0.15) is 26.7 Å². The van der Waals surface area contributed by atoms with Gasteiger partial charge in [0.05, 0.1) is 18.8 Å². The van der Waals surface area contributed by atoms with Crippen LogP contribution in [0.3, 0.4) is 0 Å². The van der Waals surface area contributed by atoms with Gasteiger partial charge in [-0.05, 0) is 43.9 Å². The van der Waals surface area contributed by atoms with E-state index in [2.05, 4.69) is 5.92 Å². The second-order valence-electron chi connectivity index (χ2n) is 4.83. The molecule has 0 N–H and O–H groups in total. The molecule has 0 amide bonds. The SMILES string of the molecule is C#CC(/C(C)=C(Cl)/C=C\C=C\Cl)/C(C)=C(\OC)C1CC1. The van der Waals surface area contributed by atoms with Gasteiger partial charge in [0.2, 0.25) is 0 Å². The number of hydrogen-bond acceptors (Lipinski definition) is 1. The molecule has 0 aromatic rings. The van der Waals surface area contributed by atoms with E-state index in [1.54, 1.807) is 25.3 Å². The Morgan fingerprint density at radius 3 is 2.40 bits per heavy atom. The number of ether oxygens (including phenoxy) is 1. The molecule has 1 nitrogen and oxygen atoms in total. The quantitative estimate of drug-likeness (QED) is 0.363. The molecule has 1 atom stereocenters. The smallest absolute Gasteiger partial charge is 0.0991 e. The lowest BCUT2D eigenvalue weighted by molar-refractivity contribution is 0.263. The van der Waals surface area contributed by atoms with Crippen LogP contribution < -0.4 is 0 Å². The fourth-order valence-electron chi connectivity index (χ4n) is 2.16. The highest BCUT2D eigenvalue weighted by Gasteiger charge is 2.30. The molecule has 0 aliphatic heterocycles. The van der Waals surface area contributed by atoms with E-state index < -0.39 is 0 Å². The van der Waals surface area contributed by atoms with Gasteiger partial charge in [0.15, 0.2) is 0 Å². The molecule has 108 valence electrons. The average Bonchev–Trinajstić information content (AvgIpc) is 3.25. The normalized spacial score (nSPS) is 19.6. The molecule has 0 aromatic heterocycles. The third-order valence-electron chi connectivity index (χ3n) is 3.39. The lowest BCUT2D eigenvalue weighted by Crippen LogP contribution is -2.07. The van der Waals surface area contributed by atoms with Gasteiger partial charge in [0, 0.05) is 16.5 Å². The van der Waals surface area contributed by atoms with Crippen LogP contribution in [0.25, 0.3) is 0 Å². The highest BCUT2D eigenvalue weighted by Crippen LogP contribution is 2.40. The van der Waals surface area contributed by atoms with E-state index in [4.69, 9.17) is 34.4 Å². The van der Waals surface area contributed by atoms with Crippen molar-refractivity contribution in [2.24, 2.45) is 11.8 Å². The molecule has 3 heteroatoms. The minimum absolute atomic E-state index is 0.136. The van der Waals surface area contributed by atoms with Crippen LogP contribution in [0.2, 0.25) is 0 Å². The largest absolute Gasteiger partial charge is 0.501 e. The Kier molecular flexibility index (Phi) is 6.99. The Morgan fingerprint density at radius 2 is 1.95 bits per heavy atom. The van der Waals surface area contributed by atoms with Crippen molar-refractivity contribution in [2.75, 3.05) is 7.11 Å². The topological polar surface area (TPSA) is 9.23 Å². The molecule has 0 spiro atoms.